The normalized spacial score (nSPS) is 10.3. The third kappa shape index (κ3) is 3.03. The van der Waals surface area contributed by atoms with Crippen molar-refractivity contribution in [2.75, 3.05) is 5.32 Å². The van der Waals surface area contributed by atoms with Crippen LogP contribution in [-0.4, -0.2) is 4.98 Å². The van der Waals surface area contributed by atoms with Gasteiger partial charge in [-0.2, -0.15) is 0 Å². The van der Waals surface area contributed by atoms with E-state index in [0.717, 1.165) is 22.5 Å². The number of anilines is 1. The molecule has 17 heavy (non-hydrogen) atoms. The molecule has 0 atom stereocenters. The van der Waals surface area contributed by atoms with Crippen molar-refractivity contribution in [1.82, 2.24) is 4.98 Å². The first-order valence-electron chi connectivity index (χ1n) is 5.57. The minimum absolute atomic E-state index is 0.204. The summed E-state index contributed by atoms with van der Waals surface area (Å²) >= 11 is 0. The largest absolute Gasteiger partial charge is 0.381 e. The van der Waals surface area contributed by atoms with Gasteiger partial charge in [0, 0.05) is 24.1 Å². The van der Waals surface area contributed by atoms with Gasteiger partial charge in [-0.3, -0.25) is 4.98 Å². The first kappa shape index (κ1) is 11.6. The lowest BCUT2D eigenvalue weighted by Crippen LogP contribution is -2.01. The molecule has 2 aromatic rings. The van der Waals surface area contributed by atoms with E-state index in [9.17, 15) is 4.39 Å². The molecule has 1 aromatic heterocycles. The monoisotopic (exact) mass is 230 g/mol. The Kier molecular flexibility index (Phi) is 3.38. The van der Waals surface area contributed by atoms with Crippen molar-refractivity contribution in [3.8, 4) is 0 Å². The molecule has 0 unspecified atom stereocenters. The number of rotatable bonds is 3. The second-order valence-corrected chi connectivity index (χ2v) is 4.12. The number of benzene rings is 1. The molecular formula is C14H15FN2. The summed E-state index contributed by atoms with van der Waals surface area (Å²) in [5.41, 5.74) is 3.98. The van der Waals surface area contributed by atoms with Crippen LogP contribution >= 0.6 is 0 Å². The van der Waals surface area contributed by atoms with Gasteiger partial charge in [-0.05, 0) is 49.2 Å². The Morgan fingerprint density at radius 3 is 2.65 bits per heavy atom. The van der Waals surface area contributed by atoms with E-state index in [-0.39, 0.29) is 5.82 Å². The lowest BCUT2D eigenvalue weighted by atomic mass is 10.2. The van der Waals surface area contributed by atoms with Gasteiger partial charge in [0.05, 0.1) is 0 Å². The zero-order valence-corrected chi connectivity index (χ0v) is 10.00. The second-order valence-electron chi connectivity index (χ2n) is 4.12. The van der Waals surface area contributed by atoms with Gasteiger partial charge >= 0.3 is 0 Å². The predicted octanol–water partition coefficient (Wildman–Crippen LogP) is 3.45. The molecule has 0 spiro atoms. The molecular weight excluding hydrogens is 215 g/mol. The van der Waals surface area contributed by atoms with Gasteiger partial charge in [-0.15, -0.1) is 0 Å². The van der Waals surface area contributed by atoms with Crippen LogP contribution in [0.2, 0.25) is 0 Å². The molecule has 2 rings (SSSR count). The highest BCUT2D eigenvalue weighted by Gasteiger charge is 2.00. The number of aryl methyl sites for hydroxylation is 2. The van der Waals surface area contributed by atoms with Crippen LogP contribution in [0.25, 0.3) is 0 Å². The van der Waals surface area contributed by atoms with Gasteiger partial charge in [0.1, 0.15) is 5.82 Å². The minimum Gasteiger partial charge on any atom is -0.381 e. The van der Waals surface area contributed by atoms with Crippen LogP contribution in [0.5, 0.6) is 0 Å². The van der Waals surface area contributed by atoms with E-state index in [1.54, 1.807) is 6.07 Å². The Labute approximate surface area is 101 Å². The number of halogens is 1. The zero-order valence-electron chi connectivity index (χ0n) is 10.00. The highest BCUT2D eigenvalue weighted by atomic mass is 19.1. The maximum Gasteiger partial charge on any atom is 0.123 e. The third-order valence-corrected chi connectivity index (χ3v) is 2.64. The van der Waals surface area contributed by atoms with Crippen LogP contribution in [-0.2, 0) is 6.54 Å². The summed E-state index contributed by atoms with van der Waals surface area (Å²) in [6.07, 6.45) is 1.85. The number of hydrogen-bond donors (Lipinski definition) is 1. The van der Waals surface area contributed by atoms with Crippen LogP contribution in [0.15, 0.2) is 36.5 Å². The summed E-state index contributed by atoms with van der Waals surface area (Å²) in [7, 11) is 0. The summed E-state index contributed by atoms with van der Waals surface area (Å²) < 4.78 is 12.9. The summed E-state index contributed by atoms with van der Waals surface area (Å²) in [6.45, 7) is 4.54. The van der Waals surface area contributed by atoms with Gasteiger partial charge in [0.2, 0.25) is 0 Å². The van der Waals surface area contributed by atoms with Crippen molar-refractivity contribution in [3.63, 3.8) is 0 Å². The average molecular weight is 230 g/mol. The average Bonchev–Trinajstić information content (AvgIpc) is 2.30. The quantitative estimate of drug-likeness (QED) is 0.873. The maximum atomic E-state index is 12.9. The second kappa shape index (κ2) is 4.95. The molecule has 1 heterocycles. The van der Waals surface area contributed by atoms with Crippen molar-refractivity contribution in [2.45, 2.75) is 20.4 Å². The van der Waals surface area contributed by atoms with Crippen molar-refractivity contribution < 1.29 is 4.39 Å². The highest BCUT2D eigenvalue weighted by molar-refractivity contribution is 5.50. The van der Waals surface area contributed by atoms with Crippen LogP contribution in [0.4, 0.5) is 10.1 Å². The molecule has 0 aliphatic rings. The third-order valence-electron chi connectivity index (χ3n) is 2.64. The number of nitrogens with one attached hydrogen (secondary N) is 1. The summed E-state index contributed by atoms with van der Waals surface area (Å²) in [6, 6.07) is 8.76. The molecule has 0 radical (unpaired) electrons. The molecule has 0 aliphatic carbocycles. The summed E-state index contributed by atoms with van der Waals surface area (Å²) in [5, 5.41) is 3.27. The number of hydrogen-bond acceptors (Lipinski definition) is 2. The molecule has 0 fully saturated rings. The Balaban J connectivity index is 2.04. The lowest BCUT2D eigenvalue weighted by molar-refractivity contribution is 0.627. The van der Waals surface area contributed by atoms with Crippen LogP contribution < -0.4 is 5.32 Å². The first-order valence-corrected chi connectivity index (χ1v) is 5.57. The van der Waals surface area contributed by atoms with Crippen molar-refractivity contribution in [2.24, 2.45) is 0 Å². The van der Waals surface area contributed by atoms with E-state index in [1.807, 2.05) is 32.2 Å². The SMILES string of the molecule is Cc1ccc(CNc2ccc(F)cc2C)cn1. The molecule has 0 bridgehead atoms. The first-order chi connectivity index (χ1) is 8.15. The number of pyridine rings is 1. The standard InChI is InChI=1S/C14H15FN2/c1-10-7-13(15)5-6-14(10)17-9-12-4-3-11(2)16-8-12/h3-8,17H,9H2,1-2H3. The molecule has 3 heteroatoms. The summed E-state index contributed by atoms with van der Waals surface area (Å²) in [4.78, 5) is 4.23. The fourth-order valence-corrected chi connectivity index (χ4v) is 1.63. The van der Waals surface area contributed by atoms with Gasteiger partial charge < -0.3 is 5.32 Å². The summed E-state index contributed by atoms with van der Waals surface area (Å²) in [5.74, 6) is -0.204. The van der Waals surface area contributed by atoms with E-state index in [4.69, 9.17) is 0 Å². The van der Waals surface area contributed by atoms with E-state index < -0.39 is 0 Å². The number of aromatic nitrogens is 1. The van der Waals surface area contributed by atoms with E-state index in [1.165, 1.54) is 12.1 Å². The van der Waals surface area contributed by atoms with Crippen LogP contribution in [0.3, 0.4) is 0 Å². The fourth-order valence-electron chi connectivity index (χ4n) is 1.63. The van der Waals surface area contributed by atoms with Gasteiger partial charge in [0.15, 0.2) is 0 Å². The van der Waals surface area contributed by atoms with Crippen molar-refractivity contribution in [3.05, 3.63) is 59.2 Å². The fraction of sp³-hybridized carbons (Fsp3) is 0.214. The van der Waals surface area contributed by atoms with Crippen LogP contribution in [0, 0.1) is 19.7 Å². The molecule has 0 aliphatic heterocycles. The van der Waals surface area contributed by atoms with Gasteiger partial charge in [-0.1, -0.05) is 6.07 Å². The van der Waals surface area contributed by atoms with E-state index in [0.29, 0.717) is 6.54 Å². The minimum atomic E-state index is -0.204. The van der Waals surface area contributed by atoms with Crippen molar-refractivity contribution >= 4 is 5.69 Å². The maximum absolute atomic E-state index is 12.9. The molecule has 1 aromatic carbocycles. The molecule has 0 amide bonds. The molecule has 0 saturated carbocycles. The predicted molar refractivity (Wildman–Crippen MR) is 67.4 cm³/mol. The lowest BCUT2D eigenvalue weighted by Gasteiger charge is -2.09. The van der Waals surface area contributed by atoms with Gasteiger partial charge in [-0.25, -0.2) is 4.39 Å². The molecule has 1 N–H and O–H groups in total. The number of nitrogens with zero attached hydrogens (tertiary/aromatic N) is 1. The molecule has 2 nitrogen and oxygen atoms in total. The van der Waals surface area contributed by atoms with Crippen LogP contribution in [0.1, 0.15) is 16.8 Å². The Bertz CT molecular complexity index is 506. The van der Waals surface area contributed by atoms with E-state index >= 15 is 0 Å². The van der Waals surface area contributed by atoms with Gasteiger partial charge in [0.25, 0.3) is 0 Å². The zero-order chi connectivity index (χ0) is 12.3. The molecule has 0 saturated heterocycles. The smallest absolute Gasteiger partial charge is 0.123 e. The van der Waals surface area contributed by atoms with Crippen molar-refractivity contribution in [1.29, 1.82) is 0 Å². The highest BCUT2D eigenvalue weighted by Crippen LogP contribution is 2.16. The Hall–Kier alpha value is -1.90. The molecule has 88 valence electrons. The Morgan fingerprint density at radius 1 is 1.18 bits per heavy atom. The van der Waals surface area contributed by atoms with E-state index in [2.05, 4.69) is 10.3 Å². The Morgan fingerprint density at radius 2 is 2.00 bits per heavy atom. The topological polar surface area (TPSA) is 24.9 Å².